The molecule has 70 valence electrons. The minimum absolute atomic E-state index is 0.422. The molecule has 0 amide bonds. The van der Waals surface area contributed by atoms with Crippen LogP contribution in [0.3, 0.4) is 0 Å². The van der Waals surface area contributed by atoms with Gasteiger partial charge < -0.3 is 5.11 Å². The van der Waals surface area contributed by atoms with Gasteiger partial charge in [-0.1, -0.05) is 23.7 Å². The molecule has 0 radical (unpaired) electrons. The second kappa shape index (κ2) is 3.00. The first-order valence-corrected chi connectivity index (χ1v) is 4.97. The highest BCUT2D eigenvalue weighted by Gasteiger charge is 2.41. The van der Waals surface area contributed by atoms with Crippen LogP contribution in [0, 0.1) is 5.92 Å². The zero-order valence-electron chi connectivity index (χ0n) is 7.63. The van der Waals surface area contributed by atoms with Crippen molar-refractivity contribution >= 4 is 11.6 Å². The van der Waals surface area contributed by atoms with Gasteiger partial charge in [0.1, 0.15) is 0 Å². The lowest BCUT2D eigenvalue weighted by Crippen LogP contribution is -2.23. The van der Waals surface area contributed by atoms with Crippen LogP contribution in [0.25, 0.3) is 0 Å². The Bertz CT molecular complexity index is 316. The largest absolute Gasteiger partial charge is 0.385 e. The highest BCUT2D eigenvalue weighted by atomic mass is 35.5. The van der Waals surface area contributed by atoms with Crippen molar-refractivity contribution in [1.29, 1.82) is 0 Å². The molecular formula is C11H13ClO. The van der Waals surface area contributed by atoms with Crippen LogP contribution in [-0.2, 0) is 5.60 Å². The first kappa shape index (κ1) is 9.04. The van der Waals surface area contributed by atoms with Crippen LogP contribution in [-0.4, -0.2) is 5.11 Å². The average Bonchev–Trinajstić information content (AvgIpc) is 2.86. The van der Waals surface area contributed by atoms with E-state index in [0.29, 0.717) is 10.9 Å². The zero-order valence-corrected chi connectivity index (χ0v) is 8.38. The molecule has 1 aliphatic carbocycles. The van der Waals surface area contributed by atoms with Gasteiger partial charge in [-0.15, -0.1) is 0 Å². The maximum atomic E-state index is 10.2. The Labute approximate surface area is 83.3 Å². The summed E-state index contributed by atoms with van der Waals surface area (Å²) in [6.07, 6.45) is 2.25. The smallest absolute Gasteiger partial charge is 0.0897 e. The third-order valence-electron chi connectivity index (χ3n) is 2.78. The lowest BCUT2D eigenvalue weighted by atomic mass is 9.91. The van der Waals surface area contributed by atoms with E-state index in [1.54, 1.807) is 0 Å². The van der Waals surface area contributed by atoms with Crippen LogP contribution >= 0.6 is 11.6 Å². The van der Waals surface area contributed by atoms with Gasteiger partial charge in [-0.25, -0.2) is 0 Å². The van der Waals surface area contributed by atoms with Crippen LogP contribution < -0.4 is 0 Å². The summed E-state index contributed by atoms with van der Waals surface area (Å²) in [6.45, 7) is 1.87. The van der Waals surface area contributed by atoms with E-state index in [1.807, 2.05) is 31.2 Å². The van der Waals surface area contributed by atoms with Gasteiger partial charge in [0, 0.05) is 5.02 Å². The number of rotatable bonds is 2. The van der Waals surface area contributed by atoms with Crippen molar-refractivity contribution in [2.45, 2.75) is 25.4 Å². The van der Waals surface area contributed by atoms with E-state index >= 15 is 0 Å². The molecule has 0 bridgehead atoms. The molecule has 2 rings (SSSR count). The topological polar surface area (TPSA) is 20.2 Å². The number of benzene rings is 1. The van der Waals surface area contributed by atoms with Gasteiger partial charge in [0.25, 0.3) is 0 Å². The number of aliphatic hydroxyl groups is 1. The quantitative estimate of drug-likeness (QED) is 0.771. The first-order valence-electron chi connectivity index (χ1n) is 4.59. The van der Waals surface area contributed by atoms with Crippen LogP contribution in [0.1, 0.15) is 25.3 Å². The van der Waals surface area contributed by atoms with E-state index in [2.05, 4.69) is 0 Å². The molecule has 1 atom stereocenters. The highest BCUT2D eigenvalue weighted by molar-refractivity contribution is 6.30. The van der Waals surface area contributed by atoms with E-state index < -0.39 is 5.60 Å². The van der Waals surface area contributed by atoms with Gasteiger partial charge in [0.2, 0.25) is 0 Å². The third kappa shape index (κ3) is 1.72. The second-order valence-corrected chi connectivity index (χ2v) is 4.37. The summed E-state index contributed by atoms with van der Waals surface area (Å²) in [6, 6.07) is 7.49. The molecule has 1 nitrogen and oxygen atoms in total. The molecule has 13 heavy (non-hydrogen) atoms. The molecule has 0 saturated heterocycles. The van der Waals surface area contributed by atoms with E-state index in [4.69, 9.17) is 11.6 Å². The lowest BCUT2D eigenvalue weighted by molar-refractivity contribution is 0.0331. The SMILES string of the molecule is C[C@](O)(c1cccc(Cl)c1)C1CC1. The molecule has 0 aliphatic heterocycles. The van der Waals surface area contributed by atoms with Gasteiger partial charge in [-0.05, 0) is 43.4 Å². The summed E-state index contributed by atoms with van der Waals surface area (Å²) in [5, 5.41) is 10.9. The molecular weight excluding hydrogens is 184 g/mol. The molecule has 0 aromatic heterocycles. The maximum absolute atomic E-state index is 10.2. The fourth-order valence-electron chi connectivity index (χ4n) is 1.68. The zero-order chi connectivity index (χ0) is 9.47. The summed E-state index contributed by atoms with van der Waals surface area (Å²) >= 11 is 5.86. The van der Waals surface area contributed by atoms with Gasteiger partial charge >= 0.3 is 0 Å². The predicted octanol–water partition coefficient (Wildman–Crippen LogP) is 2.96. The van der Waals surface area contributed by atoms with Crippen molar-refractivity contribution in [3.8, 4) is 0 Å². The molecule has 1 fully saturated rings. The molecule has 0 unspecified atom stereocenters. The number of hydrogen-bond acceptors (Lipinski definition) is 1. The van der Waals surface area contributed by atoms with Crippen LogP contribution in [0.2, 0.25) is 5.02 Å². The molecule has 2 heteroatoms. The summed E-state index contributed by atoms with van der Waals surface area (Å²) in [4.78, 5) is 0. The van der Waals surface area contributed by atoms with Gasteiger partial charge in [-0.3, -0.25) is 0 Å². The molecule has 1 aromatic carbocycles. The highest BCUT2D eigenvalue weighted by Crippen LogP contribution is 2.45. The normalized spacial score (nSPS) is 21.2. The Morgan fingerprint density at radius 3 is 2.69 bits per heavy atom. The summed E-state index contributed by atoms with van der Waals surface area (Å²) < 4.78 is 0. The molecule has 0 spiro atoms. The Morgan fingerprint density at radius 1 is 1.46 bits per heavy atom. The predicted molar refractivity (Wildman–Crippen MR) is 53.7 cm³/mol. The standard InChI is InChI=1S/C11H13ClO/c1-11(13,8-5-6-8)9-3-2-4-10(12)7-9/h2-4,7-8,13H,5-6H2,1H3/t11-/m1/s1. The second-order valence-electron chi connectivity index (χ2n) is 3.93. The van der Waals surface area contributed by atoms with Crippen molar-refractivity contribution in [2.24, 2.45) is 5.92 Å². The number of hydrogen-bond donors (Lipinski definition) is 1. The maximum Gasteiger partial charge on any atom is 0.0897 e. The average molecular weight is 197 g/mol. The van der Waals surface area contributed by atoms with Crippen molar-refractivity contribution < 1.29 is 5.11 Å². The fourth-order valence-corrected chi connectivity index (χ4v) is 1.87. The van der Waals surface area contributed by atoms with Gasteiger partial charge in [-0.2, -0.15) is 0 Å². The van der Waals surface area contributed by atoms with Crippen molar-refractivity contribution in [3.63, 3.8) is 0 Å². The van der Waals surface area contributed by atoms with Crippen LogP contribution in [0.15, 0.2) is 24.3 Å². The molecule has 1 N–H and O–H groups in total. The summed E-state index contributed by atoms with van der Waals surface area (Å²) in [7, 11) is 0. The van der Waals surface area contributed by atoms with E-state index in [9.17, 15) is 5.11 Å². The molecule has 1 aromatic rings. The van der Waals surface area contributed by atoms with Crippen molar-refractivity contribution in [1.82, 2.24) is 0 Å². The fraction of sp³-hybridized carbons (Fsp3) is 0.455. The van der Waals surface area contributed by atoms with Gasteiger partial charge in [0.05, 0.1) is 5.60 Å². The summed E-state index contributed by atoms with van der Waals surface area (Å²) in [5.74, 6) is 0.422. The van der Waals surface area contributed by atoms with Crippen molar-refractivity contribution in [2.75, 3.05) is 0 Å². The van der Waals surface area contributed by atoms with E-state index in [-0.39, 0.29) is 0 Å². The Hall–Kier alpha value is -0.530. The Kier molecular flexibility index (Phi) is 2.09. The Morgan fingerprint density at radius 2 is 2.15 bits per heavy atom. The lowest BCUT2D eigenvalue weighted by Gasteiger charge is -2.23. The van der Waals surface area contributed by atoms with E-state index in [0.717, 1.165) is 18.4 Å². The van der Waals surface area contributed by atoms with Gasteiger partial charge in [0.15, 0.2) is 0 Å². The minimum Gasteiger partial charge on any atom is -0.385 e. The number of halogens is 1. The molecule has 1 saturated carbocycles. The monoisotopic (exact) mass is 196 g/mol. The Balaban J connectivity index is 2.33. The first-order chi connectivity index (χ1) is 6.10. The van der Waals surface area contributed by atoms with E-state index in [1.165, 1.54) is 0 Å². The molecule has 1 aliphatic rings. The minimum atomic E-state index is -0.690. The summed E-state index contributed by atoms with van der Waals surface area (Å²) in [5.41, 5.74) is 0.243. The molecule has 0 heterocycles. The van der Waals surface area contributed by atoms with Crippen molar-refractivity contribution in [3.05, 3.63) is 34.9 Å². The van der Waals surface area contributed by atoms with Crippen LogP contribution in [0.5, 0.6) is 0 Å². The third-order valence-corrected chi connectivity index (χ3v) is 3.02. The van der Waals surface area contributed by atoms with Crippen LogP contribution in [0.4, 0.5) is 0 Å².